The molecule has 0 aliphatic carbocycles. The predicted molar refractivity (Wildman–Crippen MR) is 147 cm³/mol. The van der Waals surface area contributed by atoms with E-state index in [2.05, 4.69) is 23.6 Å². The minimum absolute atomic E-state index is 0.0435. The van der Waals surface area contributed by atoms with Crippen molar-refractivity contribution in [3.05, 3.63) is 92.8 Å². The maximum Gasteiger partial charge on any atom is 0.192 e. The summed E-state index contributed by atoms with van der Waals surface area (Å²) in [6, 6.07) is 15.4. The Balaban J connectivity index is 1.79. The summed E-state index contributed by atoms with van der Waals surface area (Å²) in [4.78, 5) is 18.8. The van der Waals surface area contributed by atoms with Crippen LogP contribution >= 0.6 is 23.2 Å². The second-order valence-corrected chi connectivity index (χ2v) is 11.5. The molecule has 3 rings (SSSR count). The molecule has 0 spiro atoms. The first-order valence-electron chi connectivity index (χ1n) is 11.6. The van der Waals surface area contributed by atoms with E-state index in [9.17, 15) is 13.2 Å². The Bertz CT molecular complexity index is 1380. The number of nitrogens with zero attached hydrogens (tertiary/aromatic N) is 2. The standard InChI is InChI=1S/C28H28Cl2N2O3S/c1-5-32(6-2)18-22-10-9-21(17-27(22)31-3)28-25(29)15-20(16-26(28)30)14-23(33)13-19-7-11-24(12-8-19)36(4,34)35/h7-12,15-17H,5-6,13-14,18H2,1-2,4H3. The van der Waals surface area contributed by atoms with Crippen LogP contribution in [0.5, 0.6) is 0 Å². The molecule has 0 heterocycles. The highest BCUT2D eigenvalue weighted by molar-refractivity contribution is 7.90. The van der Waals surface area contributed by atoms with Gasteiger partial charge in [-0.25, -0.2) is 13.3 Å². The highest BCUT2D eigenvalue weighted by atomic mass is 35.5. The summed E-state index contributed by atoms with van der Waals surface area (Å²) >= 11 is 13.2. The SMILES string of the molecule is [C-]#[N+]c1cc(-c2c(Cl)cc(CC(=O)Cc3ccc(S(C)(=O)=O)cc3)cc2Cl)ccc1CN(CC)CC. The van der Waals surface area contributed by atoms with Crippen molar-refractivity contribution in [2.75, 3.05) is 19.3 Å². The summed E-state index contributed by atoms with van der Waals surface area (Å²) in [5, 5.41) is 0.824. The van der Waals surface area contributed by atoms with Gasteiger partial charge in [0.2, 0.25) is 0 Å². The van der Waals surface area contributed by atoms with Gasteiger partial charge in [-0.1, -0.05) is 61.3 Å². The van der Waals surface area contributed by atoms with Crippen molar-refractivity contribution < 1.29 is 13.2 Å². The molecule has 3 aromatic rings. The molecular weight excluding hydrogens is 515 g/mol. The highest BCUT2D eigenvalue weighted by Gasteiger charge is 2.16. The number of carbonyl (C=O) groups is 1. The molecule has 36 heavy (non-hydrogen) atoms. The van der Waals surface area contributed by atoms with Gasteiger partial charge in [0, 0.05) is 31.2 Å². The van der Waals surface area contributed by atoms with Gasteiger partial charge in [0.1, 0.15) is 5.78 Å². The molecule has 0 amide bonds. The van der Waals surface area contributed by atoms with Crippen molar-refractivity contribution in [3.63, 3.8) is 0 Å². The molecule has 0 N–H and O–H groups in total. The van der Waals surface area contributed by atoms with Crippen molar-refractivity contribution in [3.8, 4) is 11.1 Å². The molecule has 3 aromatic carbocycles. The van der Waals surface area contributed by atoms with Crippen LogP contribution in [-0.4, -0.2) is 38.4 Å². The summed E-state index contributed by atoms with van der Waals surface area (Å²) < 4.78 is 23.2. The van der Waals surface area contributed by atoms with E-state index in [0.717, 1.165) is 36.0 Å². The van der Waals surface area contributed by atoms with E-state index in [1.54, 1.807) is 24.3 Å². The molecular formula is C28H28Cl2N2O3S. The molecule has 0 aliphatic heterocycles. The number of rotatable bonds is 10. The normalized spacial score (nSPS) is 11.5. The fourth-order valence-electron chi connectivity index (χ4n) is 4.02. The van der Waals surface area contributed by atoms with Crippen LogP contribution in [0.1, 0.15) is 30.5 Å². The van der Waals surface area contributed by atoms with E-state index < -0.39 is 9.84 Å². The molecule has 0 saturated heterocycles. The number of carbonyl (C=O) groups excluding carboxylic acids is 1. The van der Waals surface area contributed by atoms with Crippen LogP contribution in [0.25, 0.3) is 16.0 Å². The van der Waals surface area contributed by atoms with Gasteiger partial charge in [-0.2, -0.15) is 0 Å². The Morgan fingerprint density at radius 1 is 0.917 bits per heavy atom. The van der Waals surface area contributed by atoms with Crippen molar-refractivity contribution in [1.29, 1.82) is 0 Å². The monoisotopic (exact) mass is 542 g/mol. The smallest absolute Gasteiger partial charge is 0.192 e. The molecule has 0 bridgehead atoms. The van der Waals surface area contributed by atoms with Crippen molar-refractivity contribution in [1.82, 2.24) is 4.90 Å². The molecule has 5 nitrogen and oxygen atoms in total. The maximum absolute atomic E-state index is 12.7. The van der Waals surface area contributed by atoms with Gasteiger partial charge in [-0.15, -0.1) is 0 Å². The van der Waals surface area contributed by atoms with Gasteiger partial charge < -0.3 is 4.90 Å². The van der Waals surface area contributed by atoms with E-state index in [1.807, 2.05) is 18.2 Å². The topological polar surface area (TPSA) is 58.8 Å². The summed E-state index contributed by atoms with van der Waals surface area (Å²) in [6.07, 6.45) is 1.46. The lowest BCUT2D eigenvalue weighted by Crippen LogP contribution is -2.22. The second-order valence-electron chi connectivity index (χ2n) is 8.66. The van der Waals surface area contributed by atoms with Crippen LogP contribution in [0.15, 0.2) is 59.5 Å². The minimum atomic E-state index is -3.28. The van der Waals surface area contributed by atoms with E-state index in [-0.39, 0.29) is 23.5 Å². The Labute approximate surface area is 223 Å². The summed E-state index contributed by atoms with van der Waals surface area (Å²) in [7, 11) is -3.28. The zero-order valence-electron chi connectivity index (χ0n) is 20.5. The Morgan fingerprint density at radius 2 is 1.50 bits per heavy atom. The number of sulfone groups is 1. The summed E-state index contributed by atoms with van der Waals surface area (Å²) in [6.45, 7) is 14.3. The predicted octanol–water partition coefficient (Wildman–Crippen LogP) is 6.81. The third-order valence-electron chi connectivity index (χ3n) is 6.04. The van der Waals surface area contributed by atoms with Gasteiger partial charge in [0.05, 0.1) is 21.5 Å². The zero-order valence-corrected chi connectivity index (χ0v) is 22.8. The minimum Gasteiger partial charge on any atom is -0.301 e. The van der Waals surface area contributed by atoms with Gasteiger partial charge in [-0.05, 0) is 65.7 Å². The third kappa shape index (κ3) is 6.96. The van der Waals surface area contributed by atoms with E-state index in [1.165, 1.54) is 12.1 Å². The molecule has 0 saturated carbocycles. The van der Waals surface area contributed by atoms with Crippen LogP contribution in [0.3, 0.4) is 0 Å². The molecule has 188 valence electrons. The van der Waals surface area contributed by atoms with Gasteiger partial charge >= 0.3 is 0 Å². The largest absolute Gasteiger partial charge is 0.301 e. The quantitative estimate of drug-likeness (QED) is 0.264. The number of hydrogen-bond acceptors (Lipinski definition) is 4. The number of ketones is 1. The number of halogens is 2. The number of Topliss-reactive ketones (excluding diaryl/α,β-unsaturated/α-hetero) is 1. The Morgan fingerprint density at radius 3 is 2.03 bits per heavy atom. The average molecular weight is 544 g/mol. The van der Waals surface area contributed by atoms with E-state index >= 15 is 0 Å². The molecule has 0 atom stereocenters. The molecule has 8 heteroatoms. The molecule has 0 radical (unpaired) electrons. The zero-order chi connectivity index (χ0) is 26.5. The lowest BCUT2D eigenvalue weighted by Gasteiger charge is -2.19. The second kappa shape index (κ2) is 12.0. The van der Waals surface area contributed by atoms with E-state index in [4.69, 9.17) is 29.8 Å². The third-order valence-corrected chi connectivity index (χ3v) is 7.76. The van der Waals surface area contributed by atoms with Gasteiger partial charge in [-0.3, -0.25) is 4.79 Å². The summed E-state index contributed by atoms with van der Waals surface area (Å²) in [5.41, 5.74) is 4.32. The maximum atomic E-state index is 12.7. The Kier molecular flexibility index (Phi) is 9.32. The molecule has 0 fully saturated rings. The molecule has 0 aromatic heterocycles. The van der Waals surface area contributed by atoms with Crippen molar-refractivity contribution in [2.45, 2.75) is 38.1 Å². The van der Waals surface area contributed by atoms with Crippen LogP contribution in [0.4, 0.5) is 5.69 Å². The lowest BCUT2D eigenvalue weighted by atomic mass is 9.98. The first-order valence-corrected chi connectivity index (χ1v) is 14.2. The number of benzene rings is 3. The van der Waals surface area contributed by atoms with Crippen molar-refractivity contribution in [2.24, 2.45) is 0 Å². The number of hydrogen-bond donors (Lipinski definition) is 0. The summed E-state index contributed by atoms with van der Waals surface area (Å²) in [5.74, 6) is -0.0435. The molecule has 0 aliphatic rings. The lowest BCUT2D eigenvalue weighted by molar-refractivity contribution is -0.117. The first-order chi connectivity index (χ1) is 17.0. The Hall–Kier alpha value is -2.69. The van der Waals surface area contributed by atoms with Crippen LogP contribution in [0, 0.1) is 6.57 Å². The van der Waals surface area contributed by atoms with Crippen LogP contribution in [-0.2, 0) is 34.0 Å². The van der Waals surface area contributed by atoms with Gasteiger partial charge in [0.25, 0.3) is 0 Å². The van der Waals surface area contributed by atoms with E-state index in [0.29, 0.717) is 33.4 Å². The molecule has 0 unspecified atom stereocenters. The van der Waals surface area contributed by atoms with Crippen LogP contribution in [0.2, 0.25) is 10.0 Å². The van der Waals surface area contributed by atoms with Crippen molar-refractivity contribution >= 4 is 44.5 Å². The fourth-order valence-corrected chi connectivity index (χ4v) is 5.40. The average Bonchev–Trinajstić information content (AvgIpc) is 2.82. The fraction of sp³-hybridized carbons (Fsp3) is 0.286. The van der Waals surface area contributed by atoms with Gasteiger partial charge in [0.15, 0.2) is 15.5 Å². The first kappa shape index (κ1) is 27.9. The highest BCUT2D eigenvalue weighted by Crippen LogP contribution is 2.38. The van der Waals surface area contributed by atoms with Crippen LogP contribution < -0.4 is 0 Å².